The smallest absolute Gasteiger partial charge is 0.224 e. The SMILES string of the molecule is CCOc1ncnc2c(F)cccc12.Cl.c1ccc(P(c2ccccc2)c2ccccc2)cc1. The number of benzene rings is 4. The molecule has 34 heavy (non-hydrogen) atoms. The zero-order chi connectivity index (χ0) is 22.9. The zero-order valence-corrected chi connectivity index (χ0v) is 20.4. The van der Waals surface area contributed by atoms with Crippen LogP contribution in [0.3, 0.4) is 0 Å². The van der Waals surface area contributed by atoms with Crippen LogP contribution < -0.4 is 20.7 Å². The van der Waals surface area contributed by atoms with Gasteiger partial charge in [0.1, 0.15) is 17.7 Å². The van der Waals surface area contributed by atoms with Crippen molar-refractivity contribution in [2.24, 2.45) is 0 Å². The monoisotopic (exact) mass is 490 g/mol. The van der Waals surface area contributed by atoms with E-state index in [0.717, 1.165) is 0 Å². The Morgan fingerprint density at radius 2 is 1.18 bits per heavy atom. The summed E-state index contributed by atoms with van der Waals surface area (Å²) in [6.07, 6.45) is 1.30. The molecule has 0 unspecified atom stereocenters. The molecule has 0 atom stereocenters. The Bertz CT molecular complexity index is 1200. The minimum atomic E-state index is -0.446. The van der Waals surface area contributed by atoms with Gasteiger partial charge in [-0.05, 0) is 42.9 Å². The van der Waals surface area contributed by atoms with Crippen LogP contribution in [0, 0.1) is 5.82 Å². The second-order valence-corrected chi connectivity index (χ2v) is 9.31. The number of hydrogen-bond donors (Lipinski definition) is 0. The summed E-state index contributed by atoms with van der Waals surface area (Å²) in [4.78, 5) is 7.80. The molecular weight excluding hydrogens is 466 g/mol. The van der Waals surface area contributed by atoms with Crippen molar-refractivity contribution < 1.29 is 9.13 Å². The van der Waals surface area contributed by atoms with Gasteiger partial charge in [-0.2, -0.15) is 0 Å². The number of halogens is 2. The fraction of sp³-hybridized carbons (Fsp3) is 0.0714. The second kappa shape index (κ2) is 12.8. The van der Waals surface area contributed by atoms with Gasteiger partial charge in [0.15, 0.2) is 0 Å². The van der Waals surface area contributed by atoms with Crippen molar-refractivity contribution in [3.8, 4) is 5.88 Å². The van der Waals surface area contributed by atoms with Crippen LogP contribution in [0.4, 0.5) is 4.39 Å². The van der Waals surface area contributed by atoms with Crippen LogP contribution in [-0.2, 0) is 0 Å². The second-order valence-electron chi connectivity index (χ2n) is 7.09. The topological polar surface area (TPSA) is 35.0 Å². The van der Waals surface area contributed by atoms with Crippen LogP contribution in [0.15, 0.2) is 116 Å². The van der Waals surface area contributed by atoms with E-state index in [1.165, 1.54) is 28.3 Å². The van der Waals surface area contributed by atoms with E-state index in [4.69, 9.17) is 4.74 Å². The van der Waals surface area contributed by atoms with Crippen LogP contribution >= 0.6 is 20.3 Å². The molecular formula is C28H25ClFN2OP. The Kier molecular flexibility index (Phi) is 9.51. The largest absolute Gasteiger partial charge is 0.477 e. The van der Waals surface area contributed by atoms with Crippen molar-refractivity contribution in [2.75, 3.05) is 6.61 Å². The molecule has 6 heteroatoms. The third-order valence-corrected chi connectivity index (χ3v) is 7.35. The average Bonchev–Trinajstić information content (AvgIpc) is 2.88. The quantitative estimate of drug-likeness (QED) is 0.282. The fourth-order valence-corrected chi connectivity index (χ4v) is 5.76. The highest BCUT2D eigenvalue weighted by molar-refractivity contribution is 7.79. The van der Waals surface area contributed by atoms with Gasteiger partial charge in [0, 0.05) is 0 Å². The summed E-state index contributed by atoms with van der Waals surface area (Å²) in [7, 11) is -0.446. The van der Waals surface area contributed by atoms with Crippen molar-refractivity contribution in [1.29, 1.82) is 0 Å². The predicted molar refractivity (Wildman–Crippen MR) is 143 cm³/mol. The maximum absolute atomic E-state index is 13.3. The third-order valence-electron chi connectivity index (χ3n) is 4.90. The summed E-state index contributed by atoms with van der Waals surface area (Å²) >= 11 is 0. The Hall–Kier alpha value is -3.33. The van der Waals surface area contributed by atoms with Gasteiger partial charge in [-0.3, -0.25) is 0 Å². The number of fused-ring (bicyclic) bond motifs is 1. The van der Waals surface area contributed by atoms with Gasteiger partial charge in [0.25, 0.3) is 0 Å². The molecule has 0 amide bonds. The molecule has 172 valence electrons. The fourth-order valence-electron chi connectivity index (χ4n) is 3.46. The lowest BCUT2D eigenvalue weighted by molar-refractivity contribution is 0.330. The average molecular weight is 491 g/mol. The highest BCUT2D eigenvalue weighted by Gasteiger charge is 2.15. The summed E-state index contributed by atoms with van der Waals surface area (Å²) < 4.78 is 18.5. The lowest BCUT2D eigenvalue weighted by Gasteiger charge is -2.18. The van der Waals surface area contributed by atoms with E-state index in [9.17, 15) is 4.39 Å². The van der Waals surface area contributed by atoms with Gasteiger partial charge in [0.05, 0.1) is 12.0 Å². The van der Waals surface area contributed by atoms with E-state index in [1.807, 2.05) is 6.92 Å². The summed E-state index contributed by atoms with van der Waals surface area (Å²) in [6, 6.07) is 37.0. The van der Waals surface area contributed by atoms with E-state index >= 15 is 0 Å². The number of ether oxygens (including phenoxy) is 1. The summed E-state index contributed by atoms with van der Waals surface area (Å²) in [5.74, 6) is 0.0721. The predicted octanol–water partition coefficient (Wildman–Crippen LogP) is 6.03. The molecule has 0 saturated carbocycles. The maximum atomic E-state index is 13.3. The molecule has 5 rings (SSSR count). The molecule has 4 aromatic carbocycles. The van der Waals surface area contributed by atoms with E-state index in [2.05, 4.69) is 101 Å². The van der Waals surface area contributed by atoms with Gasteiger partial charge >= 0.3 is 0 Å². The van der Waals surface area contributed by atoms with Crippen molar-refractivity contribution >= 4 is 47.1 Å². The summed E-state index contributed by atoms with van der Waals surface area (Å²) in [5.41, 5.74) is 0.297. The lowest BCUT2D eigenvalue weighted by Crippen LogP contribution is -2.20. The number of aromatic nitrogens is 2. The van der Waals surface area contributed by atoms with Crippen LogP contribution in [0.5, 0.6) is 5.88 Å². The molecule has 1 heterocycles. The molecule has 0 aliphatic heterocycles. The van der Waals surface area contributed by atoms with Gasteiger partial charge in [-0.25, -0.2) is 14.4 Å². The number of para-hydroxylation sites is 1. The first-order valence-electron chi connectivity index (χ1n) is 10.7. The molecule has 0 saturated heterocycles. The van der Waals surface area contributed by atoms with Crippen LogP contribution in [-0.4, -0.2) is 16.6 Å². The van der Waals surface area contributed by atoms with E-state index < -0.39 is 7.92 Å². The number of hydrogen-bond acceptors (Lipinski definition) is 3. The third kappa shape index (κ3) is 6.17. The van der Waals surface area contributed by atoms with E-state index in [0.29, 0.717) is 23.4 Å². The van der Waals surface area contributed by atoms with Crippen LogP contribution in [0.25, 0.3) is 10.9 Å². The number of nitrogens with zero attached hydrogens (tertiary/aromatic N) is 2. The number of rotatable bonds is 5. The van der Waals surface area contributed by atoms with Crippen LogP contribution in [0.1, 0.15) is 6.92 Å². The van der Waals surface area contributed by atoms with Crippen LogP contribution in [0.2, 0.25) is 0 Å². The van der Waals surface area contributed by atoms with Gasteiger partial charge in [-0.15, -0.1) is 12.4 Å². The molecule has 0 radical (unpaired) electrons. The molecule has 0 aliphatic rings. The van der Waals surface area contributed by atoms with Crippen molar-refractivity contribution in [2.45, 2.75) is 6.92 Å². The summed E-state index contributed by atoms with van der Waals surface area (Å²) in [6.45, 7) is 2.36. The molecule has 5 aromatic rings. The van der Waals surface area contributed by atoms with E-state index in [1.54, 1.807) is 12.1 Å². The van der Waals surface area contributed by atoms with E-state index in [-0.39, 0.29) is 18.2 Å². The molecule has 0 bridgehead atoms. The summed E-state index contributed by atoms with van der Waals surface area (Å²) in [5, 5.41) is 4.80. The lowest BCUT2D eigenvalue weighted by atomic mass is 10.2. The normalized spacial score (nSPS) is 10.2. The molecule has 3 nitrogen and oxygen atoms in total. The molecule has 0 fully saturated rings. The molecule has 1 aromatic heterocycles. The maximum Gasteiger partial charge on any atom is 0.224 e. The van der Waals surface area contributed by atoms with Gasteiger partial charge in [-0.1, -0.05) is 97.1 Å². The highest BCUT2D eigenvalue weighted by Crippen LogP contribution is 2.32. The molecule has 0 spiro atoms. The molecule has 0 aliphatic carbocycles. The first-order chi connectivity index (χ1) is 16.3. The standard InChI is InChI=1S/C18H15P.C10H9FN2O.ClH/c1-4-10-16(11-5-1)19(17-12-6-2-7-13-17)18-14-8-3-9-15-18;1-2-14-10-7-4-3-5-8(11)9(7)12-6-13-10;/h1-15H;3-6H,2H2,1H3;1H. The Labute approximate surface area is 206 Å². The first kappa shape index (κ1) is 25.3. The minimum Gasteiger partial charge on any atom is -0.477 e. The van der Waals surface area contributed by atoms with Gasteiger partial charge < -0.3 is 4.74 Å². The zero-order valence-electron chi connectivity index (χ0n) is 18.7. The minimum absolute atomic E-state index is 0. The van der Waals surface area contributed by atoms with Crippen molar-refractivity contribution in [3.05, 3.63) is 121 Å². The first-order valence-corrected chi connectivity index (χ1v) is 12.1. The van der Waals surface area contributed by atoms with Gasteiger partial charge in [0.2, 0.25) is 5.88 Å². The highest BCUT2D eigenvalue weighted by atomic mass is 35.5. The Morgan fingerprint density at radius 1 is 0.676 bits per heavy atom. The van der Waals surface area contributed by atoms with Crippen molar-refractivity contribution in [1.82, 2.24) is 9.97 Å². The molecule has 0 N–H and O–H groups in total. The van der Waals surface area contributed by atoms with Crippen molar-refractivity contribution in [3.63, 3.8) is 0 Å². The Morgan fingerprint density at radius 3 is 1.65 bits per heavy atom. The Balaban J connectivity index is 0.000000193.